The molecule has 0 aliphatic heterocycles. The van der Waals surface area contributed by atoms with Crippen molar-refractivity contribution >= 4 is 17.9 Å². The van der Waals surface area contributed by atoms with Crippen LogP contribution >= 0.6 is 0 Å². The van der Waals surface area contributed by atoms with Gasteiger partial charge in [0.05, 0.1) is 19.3 Å². The van der Waals surface area contributed by atoms with Crippen LogP contribution in [0.4, 0.5) is 0 Å². The summed E-state index contributed by atoms with van der Waals surface area (Å²) in [7, 11) is 1.55. The van der Waals surface area contributed by atoms with Gasteiger partial charge in [0, 0.05) is 25.8 Å². The summed E-state index contributed by atoms with van der Waals surface area (Å²) in [5.74, 6) is -0.822. The van der Waals surface area contributed by atoms with E-state index in [-0.39, 0.29) is 30.8 Å². The molecule has 6 nitrogen and oxygen atoms in total. The second-order valence-electron chi connectivity index (χ2n) is 3.76. The third-order valence-corrected chi connectivity index (χ3v) is 2.43. The third-order valence-electron chi connectivity index (χ3n) is 2.43. The van der Waals surface area contributed by atoms with Gasteiger partial charge in [-0.25, -0.2) is 4.79 Å². The maximum Gasteiger partial charge on any atom is 0.352 e. The van der Waals surface area contributed by atoms with Crippen molar-refractivity contribution in [1.29, 1.82) is 5.41 Å². The smallest absolute Gasteiger partial charge is 0.352 e. The van der Waals surface area contributed by atoms with Crippen LogP contribution in [0.3, 0.4) is 0 Å². The summed E-state index contributed by atoms with van der Waals surface area (Å²) in [6.07, 6.45) is 1.82. The number of nitrogens with zero attached hydrogens (tertiary/aromatic N) is 1. The summed E-state index contributed by atoms with van der Waals surface area (Å²) < 4.78 is 9.94. The van der Waals surface area contributed by atoms with E-state index in [4.69, 9.17) is 20.6 Å². The predicted molar refractivity (Wildman–Crippen MR) is 71.4 cm³/mol. The zero-order valence-corrected chi connectivity index (χ0v) is 11.3. The maximum absolute atomic E-state index is 11.8. The Morgan fingerprint density at radius 1 is 1.50 bits per heavy atom. The normalized spacial score (nSPS) is 15.0. The van der Waals surface area contributed by atoms with Gasteiger partial charge in [-0.2, -0.15) is 0 Å². The Labute approximate surface area is 108 Å². The van der Waals surface area contributed by atoms with E-state index in [0.717, 1.165) is 0 Å². The van der Waals surface area contributed by atoms with Crippen LogP contribution in [0.2, 0.25) is 0 Å². The lowest BCUT2D eigenvalue weighted by molar-refractivity contribution is -0.135. The van der Waals surface area contributed by atoms with Gasteiger partial charge in [0.15, 0.2) is 0 Å². The summed E-state index contributed by atoms with van der Waals surface area (Å²) in [5, 5.41) is 7.34. The molecule has 0 aromatic rings. The van der Waals surface area contributed by atoms with Gasteiger partial charge in [-0.1, -0.05) is 6.92 Å². The number of rotatable bonds is 9. The van der Waals surface area contributed by atoms with E-state index in [0.29, 0.717) is 13.0 Å². The molecule has 104 valence electrons. The van der Waals surface area contributed by atoms with E-state index in [1.54, 1.807) is 14.0 Å². The van der Waals surface area contributed by atoms with Crippen LogP contribution in [-0.2, 0) is 14.3 Å². The molecule has 0 heterocycles. The van der Waals surface area contributed by atoms with Crippen molar-refractivity contribution in [3.8, 4) is 0 Å². The zero-order valence-electron chi connectivity index (χ0n) is 11.3. The molecule has 3 N–H and O–H groups in total. The first-order valence-corrected chi connectivity index (χ1v) is 6.08. The lowest BCUT2D eigenvalue weighted by Crippen LogP contribution is -2.32. The minimum Gasteiger partial charge on any atom is -0.462 e. The molecule has 0 fully saturated rings. The highest BCUT2D eigenvalue weighted by atomic mass is 16.5. The van der Waals surface area contributed by atoms with Gasteiger partial charge in [0.1, 0.15) is 5.71 Å². The molecular formula is C12H23N3O3. The molecule has 0 saturated carbocycles. The molecule has 0 radical (unpaired) electrons. The van der Waals surface area contributed by atoms with Gasteiger partial charge in [0.2, 0.25) is 0 Å². The van der Waals surface area contributed by atoms with E-state index in [1.165, 1.54) is 6.21 Å². The Morgan fingerprint density at radius 3 is 2.56 bits per heavy atom. The molecular weight excluding hydrogens is 234 g/mol. The number of aliphatic imine (C=N–C) groups is 1. The zero-order chi connectivity index (χ0) is 14.0. The monoisotopic (exact) mass is 257 g/mol. The van der Waals surface area contributed by atoms with Crippen molar-refractivity contribution in [3.63, 3.8) is 0 Å². The fourth-order valence-electron chi connectivity index (χ4n) is 1.44. The third kappa shape index (κ3) is 5.37. The Bertz CT molecular complexity index is 292. The number of methoxy groups -OCH3 is 1. The maximum atomic E-state index is 11.8. The molecule has 0 rings (SSSR count). The van der Waals surface area contributed by atoms with E-state index in [2.05, 4.69) is 4.99 Å². The summed E-state index contributed by atoms with van der Waals surface area (Å²) in [6.45, 7) is 4.53. The van der Waals surface area contributed by atoms with Crippen LogP contribution < -0.4 is 5.73 Å². The number of carbonyl (C=O) groups excluding carboxylic acids is 1. The van der Waals surface area contributed by atoms with Gasteiger partial charge in [0.25, 0.3) is 0 Å². The van der Waals surface area contributed by atoms with Gasteiger partial charge in [-0.3, -0.25) is 4.99 Å². The number of hydrogen-bond acceptors (Lipinski definition) is 6. The van der Waals surface area contributed by atoms with E-state index in [9.17, 15) is 4.79 Å². The number of ether oxygens (including phenoxy) is 2. The van der Waals surface area contributed by atoms with Gasteiger partial charge in [-0.15, -0.1) is 0 Å². The minimum atomic E-state index is -0.484. The number of carbonyl (C=O) groups is 1. The van der Waals surface area contributed by atoms with Crippen molar-refractivity contribution in [3.05, 3.63) is 0 Å². The van der Waals surface area contributed by atoms with Gasteiger partial charge < -0.3 is 20.6 Å². The second-order valence-corrected chi connectivity index (χ2v) is 3.76. The Kier molecular flexibility index (Phi) is 9.04. The number of nitrogens with two attached hydrogens (primary N) is 1. The quantitative estimate of drug-likeness (QED) is 0.468. The van der Waals surface area contributed by atoms with Crippen molar-refractivity contribution in [2.45, 2.75) is 26.3 Å². The van der Waals surface area contributed by atoms with Crippen LogP contribution in [-0.4, -0.2) is 50.8 Å². The molecule has 2 unspecified atom stereocenters. The lowest BCUT2D eigenvalue weighted by Gasteiger charge is -2.16. The number of nitrogens with one attached hydrogen (secondary N) is 1. The van der Waals surface area contributed by atoms with Crippen molar-refractivity contribution in [1.82, 2.24) is 0 Å². The largest absolute Gasteiger partial charge is 0.462 e. The summed E-state index contributed by atoms with van der Waals surface area (Å²) in [5.41, 5.74) is 5.82. The molecule has 0 bridgehead atoms. The Morgan fingerprint density at radius 2 is 2.17 bits per heavy atom. The Hall–Kier alpha value is -1.27. The fraction of sp³-hybridized carbons (Fsp3) is 0.750. The second kappa shape index (κ2) is 9.73. The van der Waals surface area contributed by atoms with Crippen molar-refractivity contribution in [2.24, 2.45) is 16.6 Å². The summed E-state index contributed by atoms with van der Waals surface area (Å²) >= 11 is 0. The average molecular weight is 257 g/mol. The van der Waals surface area contributed by atoms with Crippen LogP contribution in [0.1, 0.15) is 20.3 Å². The standard InChI is InChI=1S/C12H23N3O3/c1-4-9(6-13)11(12(16)18-5-2)15-10(7-14)8-17-3/h6,9-10,13H,4-5,7-8,14H2,1-3H3. The minimum absolute atomic E-state index is 0.252. The number of hydrogen-bond donors (Lipinski definition) is 2. The van der Waals surface area contributed by atoms with Crippen LogP contribution in [0, 0.1) is 11.3 Å². The molecule has 0 aromatic heterocycles. The van der Waals surface area contributed by atoms with E-state index < -0.39 is 5.97 Å². The first-order valence-electron chi connectivity index (χ1n) is 6.08. The SMILES string of the molecule is CCOC(=O)C(=NC(CN)COC)C(C=N)CC. The van der Waals surface area contributed by atoms with E-state index in [1.807, 2.05) is 6.92 Å². The van der Waals surface area contributed by atoms with Gasteiger partial charge >= 0.3 is 5.97 Å². The van der Waals surface area contributed by atoms with Crippen LogP contribution in [0.5, 0.6) is 0 Å². The highest BCUT2D eigenvalue weighted by molar-refractivity contribution is 6.39. The molecule has 0 aromatic carbocycles. The summed E-state index contributed by atoms with van der Waals surface area (Å²) in [6, 6.07) is -0.289. The molecule has 0 saturated heterocycles. The molecule has 0 amide bonds. The topological polar surface area (TPSA) is 97.8 Å². The van der Waals surface area contributed by atoms with Crippen molar-refractivity contribution < 1.29 is 14.3 Å². The van der Waals surface area contributed by atoms with Crippen LogP contribution in [0.15, 0.2) is 4.99 Å². The van der Waals surface area contributed by atoms with E-state index >= 15 is 0 Å². The molecule has 0 aliphatic rings. The molecule has 0 spiro atoms. The van der Waals surface area contributed by atoms with Gasteiger partial charge in [-0.05, 0) is 13.3 Å². The fourth-order valence-corrected chi connectivity index (χ4v) is 1.44. The Balaban J connectivity index is 5.09. The first-order chi connectivity index (χ1) is 8.64. The van der Waals surface area contributed by atoms with Crippen molar-refractivity contribution in [2.75, 3.05) is 26.9 Å². The highest BCUT2D eigenvalue weighted by Crippen LogP contribution is 2.07. The molecule has 0 aliphatic carbocycles. The lowest BCUT2D eigenvalue weighted by atomic mass is 10.0. The molecule has 6 heteroatoms. The predicted octanol–water partition coefficient (Wildman–Crippen LogP) is 0.640. The highest BCUT2D eigenvalue weighted by Gasteiger charge is 2.22. The molecule has 18 heavy (non-hydrogen) atoms. The first kappa shape index (κ1) is 16.7. The summed E-state index contributed by atoms with van der Waals surface area (Å²) in [4.78, 5) is 16.1. The number of esters is 1. The average Bonchev–Trinajstić information content (AvgIpc) is 2.38. The molecule has 2 atom stereocenters. The van der Waals surface area contributed by atoms with Crippen LogP contribution in [0.25, 0.3) is 0 Å².